The van der Waals surface area contributed by atoms with Crippen molar-refractivity contribution in [3.63, 3.8) is 0 Å². The molecule has 0 bridgehead atoms. The molecule has 0 aliphatic carbocycles. The van der Waals surface area contributed by atoms with E-state index in [2.05, 4.69) is 22.6 Å². The third kappa shape index (κ3) is 3.47. The molecule has 1 fully saturated rings. The van der Waals surface area contributed by atoms with Crippen LogP contribution in [0.15, 0.2) is 24.3 Å². The predicted octanol–water partition coefficient (Wildman–Crippen LogP) is 1.32. The van der Waals surface area contributed by atoms with Crippen molar-refractivity contribution in [3.8, 4) is 5.75 Å². The third-order valence-electron chi connectivity index (χ3n) is 4.21. The molecule has 1 aromatic rings. The summed E-state index contributed by atoms with van der Waals surface area (Å²) in [6.45, 7) is 3.49. The number of nitrogens with zero attached hydrogens (tertiary/aromatic N) is 1. The number of hydrogen-bond donors (Lipinski definition) is 2. The second-order valence-corrected chi connectivity index (χ2v) is 6.00. The molecule has 2 N–H and O–H groups in total. The lowest BCUT2D eigenvalue weighted by molar-refractivity contribution is -0.127. The minimum absolute atomic E-state index is 0.0229. The van der Waals surface area contributed by atoms with Gasteiger partial charge in [0, 0.05) is 13.1 Å². The van der Waals surface area contributed by atoms with Gasteiger partial charge in [0.15, 0.2) is 6.10 Å². The highest BCUT2D eigenvalue weighted by Gasteiger charge is 2.26. The Labute approximate surface area is 125 Å². The fraction of sp³-hybridized carbons (Fsp3) is 0.562. The number of anilines is 1. The molecule has 2 atom stereocenters. The molecular weight excluding hydrogens is 266 g/mol. The Morgan fingerprint density at radius 2 is 2.33 bits per heavy atom. The standard InChI is InChI=1S/C16H23N3O2/c1-19-8-4-5-12(11-19)9-18-16(20)15-10-17-13-6-2-3-7-14(13)21-15/h2-3,6-7,12,15,17H,4-5,8-11H2,1H3,(H,18,20). The monoisotopic (exact) mass is 289 g/mol. The molecule has 2 unspecified atom stereocenters. The molecule has 0 radical (unpaired) electrons. The number of likely N-dealkylation sites (tertiary alicyclic amines) is 1. The summed E-state index contributed by atoms with van der Waals surface area (Å²) < 4.78 is 5.77. The zero-order valence-electron chi connectivity index (χ0n) is 12.5. The number of piperidine rings is 1. The van der Waals surface area contributed by atoms with Crippen molar-refractivity contribution in [3.05, 3.63) is 24.3 Å². The molecule has 2 aliphatic rings. The smallest absolute Gasteiger partial charge is 0.262 e. The first kappa shape index (κ1) is 14.2. The molecule has 2 aliphatic heterocycles. The summed E-state index contributed by atoms with van der Waals surface area (Å²) in [6.07, 6.45) is 1.96. The van der Waals surface area contributed by atoms with Crippen LogP contribution in [0.5, 0.6) is 5.75 Å². The van der Waals surface area contributed by atoms with Crippen LogP contribution in [-0.4, -0.2) is 50.1 Å². The van der Waals surface area contributed by atoms with Gasteiger partial charge in [0.25, 0.3) is 5.91 Å². The molecule has 21 heavy (non-hydrogen) atoms. The molecule has 1 amide bonds. The van der Waals surface area contributed by atoms with Gasteiger partial charge in [0.1, 0.15) is 5.75 Å². The molecular formula is C16H23N3O2. The van der Waals surface area contributed by atoms with Gasteiger partial charge in [-0.2, -0.15) is 0 Å². The fourth-order valence-electron chi connectivity index (χ4n) is 3.06. The van der Waals surface area contributed by atoms with E-state index in [0.717, 1.165) is 31.1 Å². The number of hydrogen-bond acceptors (Lipinski definition) is 4. The maximum Gasteiger partial charge on any atom is 0.262 e. The van der Waals surface area contributed by atoms with E-state index in [1.165, 1.54) is 12.8 Å². The van der Waals surface area contributed by atoms with E-state index in [1.807, 2.05) is 24.3 Å². The summed E-state index contributed by atoms with van der Waals surface area (Å²) in [5, 5.41) is 6.29. The highest BCUT2D eigenvalue weighted by atomic mass is 16.5. The Hall–Kier alpha value is -1.75. The molecule has 1 aromatic carbocycles. The van der Waals surface area contributed by atoms with Crippen molar-refractivity contribution < 1.29 is 9.53 Å². The number of carbonyl (C=O) groups excluding carboxylic acids is 1. The minimum atomic E-state index is -0.443. The average molecular weight is 289 g/mol. The van der Waals surface area contributed by atoms with Crippen molar-refractivity contribution in [1.29, 1.82) is 0 Å². The first-order valence-corrected chi connectivity index (χ1v) is 7.68. The maximum absolute atomic E-state index is 12.2. The van der Waals surface area contributed by atoms with Crippen molar-refractivity contribution in [2.45, 2.75) is 18.9 Å². The Kier molecular flexibility index (Phi) is 4.29. The van der Waals surface area contributed by atoms with E-state index < -0.39 is 6.10 Å². The lowest BCUT2D eigenvalue weighted by Gasteiger charge is -2.31. The summed E-state index contributed by atoms with van der Waals surface area (Å²) in [7, 11) is 2.14. The number of fused-ring (bicyclic) bond motifs is 1. The quantitative estimate of drug-likeness (QED) is 0.881. The van der Waals surface area contributed by atoms with Gasteiger partial charge in [-0.15, -0.1) is 0 Å². The average Bonchev–Trinajstić information content (AvgIpc) is 2.52. The van der Waals surface area contributed by atoms with Crippen LogP contribution in [-0.2, 0) is 4.79 Å². The predicted molar refractivity (Wildman–Crippen MR) is 82.6 cm³/mol. The number of ether oxygens (including phenoxy) is 1. The van der Waals surface area contributed by atoms with Gasteiger partial charge in [0.2, 0.25) is 0 Å². The van der Waals surface area contributed by atoms with Crippen LogP contribution in [0.25, 0.3) is 0 Å². The molecule has 114 valence electrons. The van der Waals surface area contributed by atoms with Crippen molar-refractivity contribution in [2.75, 3.05) is 38.5 Å². The van der Waals surface area contributed by atoms with Gasteiger partial charge in [0.05, 0.1) is 12.2 Å². The van der Waals surface area contributed by atoms with Crippen LogP contribution in [0.3, 0.4) is 0 Å². The van der Waals surface area contributed by atoms with Gasteiger partial charge in [-0.1, -0.05) is 12.1 Å². The second kappa shape index (κ2) is 6.35. The normalized spacial score (nSPS) is 25.4. The fourth-order valence-corrected chi connectivity index (χ4v) is 3.06. The number of para-hydroxylation sites is 2. The number of rotatable bonds is 3. The van der Waals surface area contributed by atoms with Gasteiger partial charge in [-0.25, -0.2) is 0 Å². The summed E-state index contributed by atoms with van der Waals surface area (Å²) in [6, 6.07) is 7.72. The van der Waals surface area contributed by atoms with Gasteiger partial charge < -0.3 is 20.3 Å². The lowest BCUT2D eigenvalue weighted by Crippen LogP contribution is -2.47. The molecule has 0 spiro atoms. The Morgan fingerprint density at radius 1 is 1.48 bits per heavy atom. The van der Waals surface area contributed by atoms with Gasteiger partial charge >= 0.3 is 0 Å². The van der Waals surface area contributed by atoms with Crippen LogP contribution in [0.1, 0.15) is 12.8 Å². The first-order valence-electron chi connectivity index (χ1n) is 7.68. The van der Waals surface area contributed by atoms with E-state index in [9.17, 15) is 4.79 Å². The maximum atomic E-state index is 12.2. The topological polar surface area (TPSA) is 53.6 Å². The molecule has 5 heteroatoms. The molecule has 1 saturated heterocycles. The highest BCUT2D eigenvalue weighted by molar-refractivity contribution is 5.83. The Bertz CT molecular complexity index is 506. The Balaban J connectivity index is 1.50. The number of amides is 1. The first-order chi connectivity index (χ1) is 10.2. The second-order valence-electron chi connectivity index (χ2n) is 6.00. The lowest BCUT2D eigenvalue weighted by atomic mass is 9.98. The van der Waals surface area contributed by atoms with E-state index in [0.29, 0.717) is 12.5 Å². The number of carbonyl (C=O) groups is 1. The highest BCUT2D eigenvalue weighted by Crippen LogP contribution is 2.28. The molecule has 3 rings (SSSR count). The largest absolute Gasteiger partial charge is 0.477 e. The summed E-state index contributed by atoms with van der Waals surface area (Å²) >= 11 is 0. The van der Waals surface area contributed by atoms with Crippen molar-refractivity contribution >= 4 is 11.6 Å². The van der Waals surface area contributed by atoms with Crippen LogP contribution in [0.4, 0.5) is 5.69 Å². The third-order valence-corrected chi connectivity index (χ3v) is 4.21. The Morgan fingerprint density at radius 3 is 3.19 bits per heavy atom. The zero-order valence-corrected chi connectivity index (χ0v) is 12.5. The van der Waals surface area contributed by atoms with Crippen LogP contribution < -0.4 is 15.4 Å². The number of nitrogens with one attached hydrogen (secondary N) is 2. The summed E-state index contributed by atoms with van der Waals surface area (Å²) in [4.78, 5) is 14.6. The molecule has 0 aromatic heterocycles. The minimum Gasteiger partial charge on any atom is -0.477 e. The van der Waals surface area contributed by atoms with Crippen LogP contribution in [0, 0.1) is 5.92 Å². The van der Waals surface area contributed by atoms with E-state index >= 15 is 0 Å². The summed E-state index contributed by atoms with van der Waals surface area (Å²) in [5.74, 6) is 1.28. The van der Waals surface area contributed by atoms with E-state index in [4.69, 9.17) is 4.74 Å². The molecule has 2 heterocycles. The van der Waals surface area contributed by atoms with E-state index in [1.54, 1.807) is 0 Å². The molecule has 0 saturated carbocycles. The van der Waals surface area contributed by atoms with E-state index in [-0.39, 0.29) is 5.91 Å². The van der Waals surface area contributed by atoms with Crippen LogP contribution >= 0.6 is 0 Å². The molecule has 5 nitrogen and oxygen atoms in total. The van der Waals surface area contributed by atoms with Crippen molar-refractivity contribution in [2.24, 2.45) is 5.92 Å². The zero-order chi connectivity index (χ0) is 14.7. The summed E-state index contributed by atoms with van der Waals surface area (Å²) in [5.41, 5.74) is 0.954. The van der Waals surface area contributed by atoms with Gasteiger partial charge in [-0.3, -0.25) is 4.79 Å². The van der Waals surface area contributed by atoms with Crippen LogP contribution in [0.2, 0.25) is 0 Å². The van der Waals surface area contributed by atoms with Gasteiger partial charge in [-0.05, 0) is 44.5 Å². The van der Waals surface area contributed by atoms with Crippen molar-refractivity contribution in [1.82, 2.24) is 10.2 Å². The SMILES string of the molecule is CN1CCCC(CNC(=O)C2CNc3ccccc3O2)C1. The number of benzene rings is 1.